The van der Waals surface area contributed by atoms with Crippen molar-refractivity contribution in [3.63, 3.8) is 0 Å². The highest BCUT2D eigenvalue weighted by molar-refractivity contribution is 5.78. The van der Waals surface area contributed by atoms with Gasteiger partial charge in [-0.3, -0.25) is 5.21 Å². The third-order valence-electron chi connectivity index (χ3n) is 2.43. The van der Waals surface area contributed by atoms with Crippen LogP contribution >= 0.6 is 0 Å². The third-order valence-corrected chi connectivity index (χ3v) is 2.43. The summed E-state index contributed by atoms with van der Waals surface area (Å²) in [6.07, 6.45) is -8.08. The molecule has 3 nitrogen and oxygen atoms in total. The number of alkyl halides is 6. The first kappa shape index (κ1) is 13.5. The summed E-state index contributed by atoms with van der Waals surface area (Å²) >= 11 is 0. The lowest BCUT2D eigenvalue weighted by Gasteiger charge is -2.26. The van der Waals surface area contributed by atoms with Crippen LogP contribution in [0.2, 0.25) is 0 Å². The van der Waals surface area contributed by atoms with Gasteiger partial charge in [-0.1, -0.05) is 0 Å². The topological polar surface area (TPSA) is 35.5 Å². The van der Waals surface area contributed by atoms with Crippen LogP contribution in [0, 0.1) is 0 Å². The summed E-state index contributed by atoms with van der Waals surface area (Å²) in [4.78, 5) is 0. The second-order valence-corrected chi connectivity index (χ2v) is 3.72. The molecule has 0 amide bonds. The van der Waals surface area contributed by atoms with Crippen molar-refractivity contribution in [2.45, 2.75) is 12.4 Å². The lowest BCUT2D eigenvalue weighted by molar-refractivity contribution is -0.142. The maximum atomic E-state index is 12.8. The molecule has 1 aliphatic rings. The van der Waals surface area contributed by atoms with E-state index >= 15 is 0 Å². The standard InChI is InChI=1S/C10H6F6N2O/c11-9(12,13)5-3-6(10(14,15)16)8-7(4-5)17-1-2-18(8)19/h1-4,17,19H. The molecule has 104 valence electrons. The molecule has 1 aromatic carbocycles. The van der Waals surface area contributed by atoms with Crippen LogP contribution in [-0.4, -0.2) is 5.21 Å². The minimum absolute atomic E-state index is 0.0388. The molecule has 0 fully saturated rings. The molecule has 0 unspecified atom stereocenters. The fourth-order valence-corrected chi connectivity index (χ4v) is 1.64. The van der Waals surface area contributed by atoms with Crippen LogP contribution in [0.25, 0.3) is 0 Å². The minimum Gasteiger partial charge on any atom is -0.358 e. The van der Waals surface area contributed by atoms with E-state index in [2.05, 4.69) is 5.32 Å². The molecule has 2 rings (SSSR count). The van der Waals surface area contributed by atoms with Crippen LogP contribution in [0.15, 0.2) is 24.5 Å². The monoisotopic (exact) mass is 284 g/mol. The molecule has 19 heavy (non-hydrogen) atoms. The number of nitrogens with one attached hydrogen (secondary N) is 1. The molecule has 9 heteroatoms. The predicted molar refractivity (Wildman–Crippen MR) is 53.5 cm³/mol. The van der Waals surface area contributed by atoms with Gasteiger partial charge < -0.3 is 5.32 Å². The zero-order valence-electron chi connectivity index (χ0n) is 8.97. The second-order valence-electron chi connectivity index (χ2n) is 3.72. The molecule has 0 aromatic heterocycles. The smallest absolute Gasteiger partial charge is 0.358 e. The fraction of sp³-hybridized carbons (Fsp3) is 0.200. The Hall–Kier alpha value is -1.90. The van der Waals surface area contributed by atoms with Crippen molar-refractivity contribution in [3.05, 3.63) is 35.7 Å². The van der Waals surface area contributed by atoms with Gasteiger partial charge in [0.15, 0.2) is 0 Å². The van der Waals surface area contributed by atoms with Gasteiger partial charge in [0.1, 0.15) is 5.69 Å². The number of hydroxylamine groups is 1. The first-order chi connectivity index (χ1) is 8.60. The van der Waals surface area contributed by atoms with Crippen molar-refractivity contribution in [2.24, 2.45) is 0 Å². The van der Waals surface area contributed by atoms with Crippen LogP contribution in [0.4, 0.5) is 37.7 Å². The number of nitrogens with zero attached hydrogens (tertiary/aromatic N) is 1. The largest absolute Gasteiger partial charge is 0.418 e. The van der Waals surface area contributed by atoms with Crippen molar-refractivity contribution < 1.29 is 31.5 Å². The molecule has 0 atom stereocenters. The van der Waals surface area contributed by atoms with Crippen molar-refractivity contribution in [3.8, 4) is 0 Å². The highest BCUT2D eigenvalue weighted by atomic mass is 19.4. The highest BCUT2D eigenvalue weighted by Crippen LogP contribution is 2.45. The summed E-state index contributed by atoms with van der Waals surface area (Å²) in [5.41, 5.74) is -4.28. The summed E-state index contributed by atoms with van der Waals surface area (Å²) in [5, 5.41) is 11.7. The molecule has 1 heterocycles. The molecular weight excluding hydrogens is 278 g/mol. The second kappa shape index (κ2) is 4.05. The molecule has 0 saturated carbocycles. The Labute approximate surface area is 102 Å². The Morgan fingerprint density at radius 3 is 2.16 bits per heavy atom. The zero-order chi connectivity index (χ0) is 14.4. The van der Waals surface area contributed by atoms with E-state index in [9.17, 15) is 31.5 Å². The molecule has 1 aliphatic heterocycles. The Kier molecular flexibility index (Phi) is 2.89. The van der Waals surface area contributed by atoms with E-state index in [0.29, 0.717) is 6.07 Å². The number of anilines is 2. The lowest BCUT2D eigenvalue weighted by atomic mass is 10.0. The van der Waals surface area contributed by atoms with Gasteiger partial charge >= 0.3 is 12.4 Å². The van der Waals surface area contributed by atoms with Crippen LogP contribution in [0.5, 0.6) is 0 Å². The molecule has 0 spiro atoms. The molecule has 1 aromatic rings. The van der Waals surface area contributed by atoms with E-state index in [4.69, 9.17) is 0 Å². The molecular formula is C10H6F6N2O. The van der Waals surface area contributed by atoms with Crippen molar-refractivity contribution in [1.82, 2.24) is 0 Å². The molecule has 2 N–H and O–H groups in total. The number of hydrogen-bond acceptors (Lipinski definition) is 3. The van der Waals surface area contributed by atoms with E-state index < -0.39 is 34.9 Å². The average Bonchev–Trinajstić information content (AvgIpc) is 2.25. The molecule has 0 saturated heterocycles. The quantitative estimate of drug-likeness (QED) is 0.711. The molecule has 0 bridgehead atoms. The molecule has 0 aliphatic carbocycles. The van der Waals surface area contributed by atoms with Gasteiger partial charge in [-0.25, -0.2) is 5.06 Å². The Bertz CT molecular complexity index is 534. The van der Waals surface area contributed by atoms with Crippen molar-refractivity contribution >= 4 is 11.4 Å². The Morgan fingerprint density at radius 1 is 1.00 bits per heavy atom. The van der Waals surface area contributed by atoms with Gasteiger partial charge in [-0.05, 0) is 12.1 Å². The first-order valence-corrected chi connectivity index (χ1v) is 4.84. The fourth-order valence-electron chi connectivity index (χ4n) is 1.64. The van der Waals surface area contributed by atoms with Gasteiger partial charge in [0.05, 0.1) is 16.8 Å². The maximum Gasteiger partial charge on any atom is 0.418 e. The number of rotatable bonds is 0. The molecule has 0 radical (unpaired) electrons. The van der Waals surface area contributed by atoms with E-state index in [0.717, 1.165) is 12.4 Å². The number of hydrogen-bond donors (Lipinski definition) is 2. The maximum absolute atomic E-state index is 12.8. The van der Waals surface area contributed by atoms with Gasteiger partial charge in [0, 0.05) is 12.4 Å². The first-order valence-electron chi connectivity index (χ1n) is 4.84. The van der Waals surface area contributed by atoms with Crippen LogP contribution in [0.3, 0.4) is 0 Å². The summed E-state index contributed by atoms with van der Waals surface area (Å²) in [5.74, 6) is 0. The zero-order valence-corrected chi connectivity index (χ0v) is 8.97. The van der Waals surface area contributed by atoms with Crippen molar-refractivity contribution in [2.75, 3.05) is 10.4 Å². The van der Waals surface area contributed by atoms with E-state index in [1.165, 1.54) is 0 Å². The average molecular weight is 284 g/mol. The summed E-state index contributed by atoms with van der Waals surface area (Å²) in [6, 6.07) is 0.459. The summed E-state index contributed by atoms with van der Waals surface area (Å²) in [6.45, 7) is 0. The summed E-state index contributed by atoms with van der Waals surface area (Å²) in [7, 11) is 0. The van der Waals surface area contributed by atoms with Gasteiger partial charge in [0.2, 0.25) is 0 Å². The van der Waals surface area contributed by atoms with Gasteiger partial charge in [0.25, 0.3) is 0 Å². The lowest BCUT2D eigenvalue weighted by Crippen LogP contribution is -2.22. The van der Waals surface area contributed by atoms with Gasteiger partial charge in [-0.15, -0.1) is 0 Å². The van der Waals surface area contributed by atoms with Crippen LogP contribution < -0.4 is 10.4 Å². The van der Waals surface area contributed by atoms with Crippen LogP contribution in [-0.2, 0) is 12.4 Å². The van der Waals surface area contributed by atoms with Crippen molar-refractivity contribution in [1.29, 1.82) is 0 Å². The van der Waals surface area contributed by atoms with E-state index in [1.807, 2.05) is 0 Å². The van der Waals surface area contributed by atoms with E-state index in [1.54, 1.807) is 0 Å². The number of benzene rings is 1. The van der Waals surface area contributed by atoms with E-state index in [-0.39, 0.29) is 11.1 Å². The third kappa shape index (κ3) is 2.46. The Balaban J connectivity index is 2.71. The van der Waals surface area contributed by atoms with Crippen LogP contribution in [0.1, 0.15) is 11.1 Å². The normalized spacial score (nSPS) is 15.2. The predicted octanol–water partition coefficient (Wildman–Crippen LogP) is 3.82. The highest BCUT2D eigenvalue weighted by Gasteiger charge is 2.41. The summed E-state index contributed by atoms with van der Waals surface area (Å²) < 4.78 is 75.9. The number of fused-ring (bicyclic) bond motifs is 1. The number of halogens is 6. The van der Waals surface area contributed by atoms with Gasteiger partial charge in [-0.2, -0.15) is 26.3 Å². The minimum atomic E-state index is -5.03. The SMILES string of the molecule is ON1C=CNc2cc(C(F)(F)F)cc(C(F)(F)F)c21. The Morgan fingerprint density at radius 2 is 1.63 bits per heavy atom.